The monoisotopic (exact) mass is 115 g/mol. The van der Waals surface area contributed by atoms with Crippen LogP contribution < -0.4 is 0 Å². The van der Waals surface area contributed by atoms with Gasteiger partial charge in [-0.05, 0) is 6.92 Å². The van der Waals surface area contributed by atoms with Gasteiger partial charge in [0.05, 0.1) is 6.61 Å². The second-order valence-corrected chi connectivity index (χ2v) is 0.925. The van der Waals surface area contributed by atoms with E-state index in [2.05, 4.69) is 4.74 Å². The lowest BCUT2D eigenvalue weighted by atomic mass is 10.8. The summed E-state index contributed by atoms with van der Waals surface area (Å²) in [5.74, 6) is -0.211. The molecule has 0 atom stereocenters. The normalized spacial score (nSPS) is 6.57. The number of hydrogen-bond donors (Lipinski definition) is 0. The van der Waals surface area contributed by atoms with Crippen LogP contribution in [0.3, 0.4) is 0 Å². The molecule has 0 saturated heterocycles. The second-order valence-electron chi connectivity index (χ2n) is 0.925. The van der Waals surface area contributed by atoms with Gasteiger partial charge < -0.3 is 4.74 Å². The Hall–Kier alpha value is 0.00247. The molecule has 0 heterocycles. The molecule has 0 bridgehead atoms. The molecule has 0 fully saturated rings. The van der Waals surface area contributed by atoms with Gasteiger partial charge in [-0.15, -0.1) is 0 Å². The fourth-order valence-electron chi connectivity index (χ4n) is 0.203. The zero-order chi connectivity index (χ0) is 4.99. The zero-order valence-corrected chi connectivity index (χ0v) is 5.76. The molecule has 0 aromatic carbocycles. The minimum Gasteiger partial charge on any atom is -0.466 e. The fraction of sp³-hybridized carbons (Fsp3) is 0.750. The lowest BCUT2D eigenvalue weighted by molar-refractivity contribution is -0.140. The average molecular weight is 115 g/mol. The predicted octanol–water partition coefficient (Wildman–Crippen LogP) is 0.189. The lowest BCUT2D eigenvalue weighted by Gasteiger charge is -1.89. The van der Waals surface area contributed by atoms with Crippen molar-refractivity contribution in [2.45, 2.75) is 13.8 Å². The summed E-state index contributed by atoms with van der Waals surface area (Å²) >= 11 is 0. The third kappa shape index (κ3) is 10.7. The molecule has 39 valence electrons. The van der Waals surface area contributed by atoms with Gasteiger partial charge >= 0.3 is 5.97 Å². The molecular weight excluding hydrogens is 107 g/mol. The highest BCUT2D eigenvalue weighted by Crippen LogP contribution is 1.69. The molecule has 3 radical (unpaired) electrons. The summed E-state index contributed by atoms with van der Waals surface area (Å²) in [6, 6.07) is 0. The minimum atomic E-state index is -0.211. The molecule has 2 nitrogen and oxygen atoms in total. The van der Waals surface area contributed by atoms with E-state index in [1.54, 1.807) is 6.92 Å². The summed E-state index contributed by atoms with van der Waals surface area (Å²) in [4.78, 5) is 9.82. The molecular formula is C4H8AlO2. The molecule has 0 aliphatic carbocycles. The Balaban J connectivity index is 0. The van der Waals surface area contributed by atoms with Crippen LogP contribution in [-0.4, -0.2) is 29.9 Å². The van der Waals surface area contributed by atoms with Crippen LogP contribution >= 0.6 is 0 Å². The fourth-order valence-corrected chi connectivity index (χ4v) is 0.203. The number of hydrogen-bond acceptors (Lipinski definition) is 2. The van der Waals surface area contributed by atoms with Gasteiger partial charge in [0.2, 0.25) is 0 Å². The Morgan fingerprint density at radius 2 is 2.14 bits per heavy atom. The first-order valence-electron chi connectivity index (χ1n) is 1.90. The number of esters is 1. The van der Waals surface area contributed by atoms with E-state index in [1.165, 1.54) is 6.92 Å². The topological polar surface area (TPSA) is 26.3 Å². The Morgan fingerprint density at radius 3 is 2.14 bits per heavy atom. The van der Waals surface area contributed by atoms with Gasteiger partial charge in [-0.2, -0.15) is 0 Å². The van der Waals surface area contributed by atoms with Gasteiger partial charge in [0.25, 0.3) is 0 Å². The Kier molecular flexibility index (Phi) is 8.65. The summed E-state index contributed by atoms with van der Waals surface area (Å²) in [5, 5.41) is 0. The summed E-state index contributed by atoms with van der Waals surface area (Å²) < 4.78 is 4.40. The summed E-state index contributed by atoms with van der Waals surface area (Å²) in [7, 11) is 0. The molecule has 0 rings (SSSR count). The predicted molar refractivity (Wildman–Crippen MR) is 28.1 cm³/mol. The molecule has 0 unspecified atom stereocenters. The standard InChI is InChI=1S/C4H8O2.Al/c1-3-6-4(2)5;/h3H2,1-2H3;. The van der Waals surface area contributed by atoms with Crippen molar-refractivity contribution < 1.29 is 9.53 Å². The van der Waals surface area contributed by atoms with Crippen LogP contribution in [0.4, 0.5) is 0 Å². The summed E-state index contributed by atoms with van der Waals surface area (Å²) in [6.45, 7) is 3.65. The highest BCUT2D eigenvalue weighted by atomic mass is 27.0. The van der Waals surface area contributed by atoms with Crippen LogP contribution in [0.2, 0.25) is 0 Å². The molecule has 0 aliphatic rings. The first kappa shape index (κ1) is 10.1. The Bertz CT molecular complexity index is 53.7. The van der Waals surface area contributed by atoms with Crippen LogP contribution in [0.1, 0.15) is 13.8 Å². The van der Waals surface area contributed by atoms with Crippen LogP contribution in [-0.2, 0) is 9.53 Å². The van der Waals surface area contributed by atoms with E-state index in [1.807, 2.05) is 0 Å². The third-order valence-electron chi connectivity index (χ3n) is 0.348. The van der Waals surface area contributed by atoms with Crippen molar-refractivity contribution in [1.82, 2.24) is 0 Å². The van der Waals surface area contributed by atoms with Crippen LogP contribution in [0.15, 0.2) is 0 Å². The Morgan fingerprint density at radius 1 is 1.71 bits per heavy atom. The van der Waals surface area contributed by atoms with E-state index < -0.39 is 0 Å². The van der Waals surface area contributed by atoms with Gasteiger partial charge in [0.1, 0.15) is 0 Å². The van der Waals surface area contributed by atoms with Crippen LogP contribution in [0, 0.1) is 0 Å². The molecule has 0 amide bonds. The van der Waals surface area contributed by atoms with Crippen molar-refractivity contribution in [2.24, 2.45) is 0 Å². The van der Waals surface area contributed by atoms with Crippen molar-refractivity contribution in [3.05, 3.63) is 0 Å². The number of rotatable bonds is 1. The maximum Gasteiger partial charge on any atom is 0.302 e. The van der Waals surface area contributed by atoms with E-state index in [0.717, 1.165) is 0 Å². The van der Waals surface area contributed by atoms with Crippen molar-refractivity contribution >= 4 is 23.3 Å². The molecule has 7 heavy (non-hydrogen) atoms. The summed E-state index contributed by atoms with van der Waals surface area (Å²) in [6.07, 6.45) is 0. The molecule has 0 aromatic heterocycles. The molecule has 0 aromatic rings. The van der Waals surface area contributed by atoms with E-state index in [4.69, 9.17) is 0 Å². The van der Waals surface area contributed by atoms with Gasteiger partial charge in [0.15, 0.2) is 0 Å². The van der Waals surface area contributed by atoms with Crippen molar-refractivity contribution in [2.75, 3.05) is 6.61 Å². The SMILES string of the molecule is CCOC(C)=O.[Al]. The Labute approximate surface area is 54.0 Å². The number of ether oxygens (including phenoxy) is 1. The highest BCUT2D eigenvalue weighted by Gasteiger charge is 1.81. The molecule has 3 heteroatoms. The smallest absolute Gasteiger partial charge is 0.302 e. The summed E-state index contributed by atoms with van der Waals surface area (Å²) in [5.41, 5.74) is 0. The first-order chi connectivity index (χ1) is 2.77. The molecule has 0 N–H and O–H groups in total. The average Bonchev–Trinajstić information content (AvgIpc) is 1.35. The van der Waals surface area contributed by atoms with Crippen LogP contribution in [0.25, 0.3) is 0 Å². The maximum absolute atomic E-state index is 9.82. The number of carbonyl (C=O) groups excluding carboxylic acids is 1. The first-order valence-corrected chi connectivity index (χ1v) is 1.90. The molecule has 0 spiro atoms. The van der Waals surface area contributed by atoms with Gasteiger partial charge in [-0.25, -0.2) is 0 Å². The minimum absolute atomic E-state index is 0. The van der Waals surface area contributed by atoms with E-state index in [9.17, 15) is 4.79 Å². The molecule has 0 saturated carbocycles. The zero-order valence-electron chi connectivity index (χ0n) is 4.60. The number of carbonyl (C=O) groups is 1. The highest BCUT2D eigenvalue weighted by molar-refractivity contribution is 5.75. The van der Waals surface area contributed by atoms with Crippen molar-refractivity contribution in [3.63, 3.8) is 0 Å². The van der Waals surface area contributed by atoms with Crippen LogP contribution in [0.5, 0.6) is 0 Å². The third-order valence-corrected chi connectivity index (χ3v) is 0.348. The van der Waals surface area contributed by atoms with Gasteiger partial charge in [-0.3, -0.25) is 4.79 Å². The van der Waals surface area contributed by atoms with E-state index >= 15 is 0 Å². The van der Waals surface area contributed by atoms with Crippen molar-refractivity contribution in [1.29, 1.82) is 0 Å². The largest absolute Gasteiger partial charge is 0.466 e. The van der Waals surface area contributed by atoms with Crippen molar-refractivity contribution in [3.8, 4) is 0 Å². The van der Waals surface area contributed by atoms with Gasteiger partial charge in [0, 0.05) is 24.3 Å². The second kappa shape index (κ2) is 6.00. The maximum atomic E-state index is 9.82. The van der Waals surface area contributed by atoms with Gasteiger partial charge in [-0.1, -0.05) is 0 Å². The molecule has 0 aliphatic heterocycles. The van der Waals surface area contributed by atoms with E-state index in [-0.39, 0.29) is 23.3 Å². The quantitative estimate of drug-likeness (QED) is 0.360. The lowest BCUT2D eigenvalue weighted by Crippen LogP contribution is -1.95. The van der Waals surface area contributed by atoms with E-state index in [0.29, 0.717) is 6.61 Å².